The Balaban J connectivity index is 1.27. The third-order valence-electron chi connectivity index (χ3n) is 7.74. The van der Waals surface area contributed by atoms with Gasteiger partial charge in [0.15, 0.2) is 0 Å². The summed E-state index contributed by atoms with van der Waals surface area (Å²) in [5, 5.41) is 15.3. The highest BCUT2D eigenvalue weighted by Crippen LogP contribution is 2.44. The lowest BCUT2D eigenvalue weighted by Crippen LogP contribution is -2.55. The largest absolute Gasteiger partial charge is 0.480 e. The van der Waals surface area contributed by atoms with Gasteiger partial charge in [-0.1, -0.05) is 62.4 Å². The lowest BCUT2D eigenvalue weighted by molar-refractivity contribution is -0.149. The van der Waals surface area contributed by atoms with Gasteiger partial charge in [0.1, 0.15) is 12.1 Å². The molecule has 186 valence electrons. The molecule has 35 heavy (non-hydrogen) atoms. The maximum atomic E-state index is 12.7. The molecule has 0 unspecified atom stereocenters. The zero-order chi connectivity index (χ0) is 25.0. The predicted molar refractivity (Wildman–Crippen MR) is 133 cm³/mol. The number of aliphatic carboxylic acids is 1. The van der Waals surface area contributed by atoms with Crippen molar-refractivity contribution in [2.75, 3.05) is 6.61 Å². The van der Waals surface area contributed by atoms with Gasteiger partial charge < -0.3 is 20.5 Å². The van der Waals surface area contributed by atoms with Gasteiger partial charge in [-0.05, 0) is 60.8 Å². The second-order valence-electron chi connectivity index (χ2n) is 9.60. The normalized spacial score (nSPS) is 19.4. The minimum Gasteiger partial charge on any atom is -0.480 e. The average Bonchev–Trinajstić information content (AvgIpc) is 3.20. The van der Waals surface area contributed by atoms with Crippen molar-refractivity contribution < 1.29 is 24.2 Å². The fourth-order valence-corrected chi connectivity index (χ4v) is 5.43. The summed E-state index contributed by atoms with van der Waals surface area (Å²) in [4.78, 5) is 37.0. The Labute approximate surface area is 206 Å². The molecule has 0 bridgehead atoms. The molecule has 0 atom stereocenters. The Morgan fingerprint density at radius 1 is 0.914 bits per heavy atom. The van der Waals surface area contributed by atoms with E-state index in [9.17, 15) is 19.5 Å². The van der Waals surface area contributed by atoms with Crippen molar-refractivity contribution in [3.8, 4) is 11.1 Å². The van der Waals surface area contributed by atoms with Gasteiger partial charge in [-0.15, -0.1) is 0 Å². The number of nitrogens with one attached hydrogen (secondary N) is 2. The minimum absolute atomic E-state index is 0.0132. The molecular formula is C28H34N2O5. The SMILES string of the molecule is CCC(CC)(NC(=O)C1CCC(NC(=O)OCC2c3ccccc3-c3ccccc32)CC1)C(=O)O. The number of fused-ring (bicyclic) bond motifs is 3. The second kappa shape index (κ2) is 10.5. The van der Waals surface area contributed by atoms with E-state index >= 15 is 0 Å². The van der Waals surface area contributed by atoms with Crippen LogP contribution in [0.5, 0.6) is 0 Å². The summed E-state index contributed by atoms with van der Waals surface area (Å²) in [6, 6.07) is 16.4. The van der Waals surface area contributed by atoms with E-state index in [0.29, 0.717) is 38.5 Å². The highest BCUT2D eigenvalue weighted by Gasteiger charge is 2.39. The van der Waals surface area contributed by atoms with Crippen LogP contribution in [0.2, 0.25) is 0 Å². The number of carboxylic acid groups (broad SMARTS) is 1. The summed E-state index contributed by atoms with van der Waals surface area (Å²) in [5.41, 5.74) is 3.50. The molecule has 0 aromatic heterocycles. The summed E-state index contributed by atoms with van der Waals surface area (Å²) in [5.74, 6) is -1.44. The smallest absolute Gasteiger partial charge is 0.407 e. The van der Waals surface area contributed by atoms with Crippen LogP contribution in [0, 0.1) is 5.92 Å². The standard InChI is InChI=1S/C28H34N2O5/c1-3-28(4-2,26(32)33)30-25(31)18-13-15-19(16-14-18)29-27(34)35-17-24-22-11-7-5-9-20(22)21-10-6-8-12-23(21)24/h5-12,18-19,24H,3-4,13-17H2,1-2H3,(H,29,34)(H,30,31)(H,32,33). The monoisotopic (exact) mass is 478 g/mol. The second-order valence-corrected chi connectivity index (χ2v) is 9.60. The quantitative estimate of drug-likeness (QED) is 0.503. The van der Waals surface area contributed by atoms with Crippen molar-refractivity contribution in [3.63, 3.8) is 0 Å². The summed E-state index contributed by atoms with van der Waals surface area (Å²) in [7, 11) is 0. The van der Waals surface area contributed by atoms with Gasteiger partial charge in [0.25, 0.3) is 0 Å². The van der Waals surface area contributed by atoms with Crippen LogP contribution in [0.15, 0.2) is 48.5 Å². The third kappa shape index (κ3) is 5.04. The van der Waals surface area contributed by atoms with Crippen LogP contribution in [0.3, 0.4) is 0 Å². The zero-order valence-electron chi connectivity index (χ0n) is 20.4. The fourth-order valence-electron chi connectivity index (χ4n) is 5.43. The van der Waals surface area contributed by atoms with Crippen LogP contribution < -0.4 is 10.6 Å². The van der Waals surface area contributed by atoms with E-state index in [-0.39, 0.29) is 30.4 Å². The molecule has 0 spiro atoms. The van der Waals surface area contributed by atoms with Crippen molar-refractivity contribution in [1.29, 1.82) is 0 Å². The van der Waals surface area contributed by atoms with Gasteiger partial charge in [0.2, 0.25) is 5.91 Å². The Kier molecular flexibility index (Phi) is 7.43. The summed E-state index contributed by atoms with van der Waals surface area (Å²) < 4.78 is 5.64. The number of rotatable bonds is 8. The highest BCUT2D eigenvalue weighted by molar-refractivity contribution is 5.88. The first-order valence-corrected chi connectivity index (χ1v) is 12.6. The van der Waals surface area contributed by atoms with Gasteiger partial charge in [0.05, 0.1) is 0 Å². The van der Waals surface area contributed by atoms with Crippen molar-refractivity contribution >= 4 is 18.0 Å². The Morgan fingerprint density at radius 2 is 1.46 bits per heavy atom. The number of benzene rings is 2. The molecule has 3 N–H and O–H groups in total. The van der Waals surface area contributed by atoms with Gasteiger partial charge in [-0.3, -0.25) is 4.79 Å². The predicted octanol–water partition coefficient (Wildman–Crippen LogP) is 4.84. The van der Waals surface area contributed by atoms with E-state index in [1.165, 1.54) is 22.3 Å². The van der Waals surface area contributed by atoms with E-state index in [1.807, 2.05) is 24.3 Å². The molecule has 2 amide bonds. The minimum atomic E-state index is -1.21. The Morgan fingerprint density at radius 3 is 1.97 bits per heavy atom. The van der Waals surface area contributed by atoms with Crippen molar-refractivity contribution in [3.05, 3.63) is 59.7 Å². The van der Waals surface area contributed by atoms with Crippen LogP contribution in [0.25, 0.3) is 11.1 Å². The van der Waals surface area contributed by atoms with Crippen LogP contribution in [0.1, 0.15) is 69.4 Å². The highest BCUT2D eigenvalue weighted by atomic mass is 16.5. The number of amides is 2. The Hall–Kier alpha value is -3.35. The molecule has 2 aromatic carbocycles. The molecule has 0 aliphatic heterocycles. The molecule has 0 saturated heterocycles. The van der Waals surface area contributed by atoms with Crippen LogP contribution in [0.4, 0.5) is 4.79 Å². The third-order valence-corrected chi connectivity index (χ3v) is 7.74. The van der Waals surface area contributed by atoms with Gasteiger partial charge in [-0.25, -0.2) is 9.59 Å². The maximum Gasteiger partial charge on any atom is 0.407 e. The van der Waals surface area contributed by atoms with Gasteiger partial charge in [0, 0.05) is 17.9 Å². The molecule has 7 heteroatoms. The number of carboxylic acids is 1. The van der Waals surface area contributed by atoms with Crippen molar-refractivity contribution in [1.82, 2.24) is 10.6 Å². The zero-order valence-corrected chi connectivity index (χ0v) is 20.4. The summed E-state index contributed by atoms with van der Waals surface area (Å²) in [6.07, 6.45) is 2.74. The van der Waals surface area contributed by atoms with Crippen LogP contribution in [-0.2, 0) is 14.3 Å². The van der Waals surface area contributed by atoms with E-state index in [0.717, 1.165) is 0 Å². The van der Waals surface area contributed by atoms with E-state index in [1.54, 1.807) is 13.8 Å². The molecule has 0 heterocycles. The number of ether oxygens (including phenoxy) is 1. The molecule has 7 nitrogen and oxygen atoms in total. The first kappa shape index (κ1) is 24.8. The molecule has 1 saturated carbocycles. The first-order chi connectivity index (χ1) is 16.9. The number of carbonyl (C=O) groups excluding carboxylic acids is 2. The first-order valence-electron chi connectivity index (χ1n) is 12.6. The van der Waals surface area contributed by atoms with Crippen LogP contribution >= 0.6 is 0 Å². The Bertz CT molecular complexity index is 1040. The van der Waals surface area contributed by atoms with Crippen molar-refractivity contribution in [2.24, 2.45) is 5.92 Å². The number of hydrogen-bond donors (Lipinski definition) is 3. The average molecular weight is 479 g/mol. The molecule has 1 fully saturated rings. The van der Waals surface area contributed by atoms with Gasteiger partial charge >= 0.3 is 12.1 Å². The number of hydrogen-bond acceptors (Lipinski definition) is 4. The van der Waals surface area contributed by atoms with Crippen LogP contribution in [-0.4, -0.2) is 41.3 Å². The molecular weight excluding hydrogens is 444 g/mol. The van der Waals surface area contributed by atoms with Gasteiger partial charge in [-0.2, -0.15) is 0 Å². The summed E-state index contributed by atoms with van der Waals surface area (Å²) in [6.45, 7) is 3.81. The molecule has 2 aromatic rings. The molecule has 0 radical (unpaired) electrons. The lowest BCUT2D eigenvalue weighted by Gasteiger charge is -2.33. The van der Waals surface area contributed by atoms with E-state index in [2.05, 4.69) is 34.9 Å². The number of carbonyl (C=O) groups is 3. The maximum absolute atomic E-state index is 12.7. The topological polar surface area (TPSA) is 105 Å². The molecule has 4 rings (SSSR count). The van der Waals surface area contributed by atoms with Crippen molar-refractivity contribution in [2.45, 2.75) is 69.9 Å². The molecule has 2 aliphatic rings. The lowest BCUT2D eigenvalue weighted by atomic mass is 9.84. The molecule has 2 aliphatic carbocycles. The number of alkyl carbamates (subject to hydrolysis) is 1. The van der Waals surface area contributed by atoms with E-state index < -0.39 is 17.6 Å². The fraction of sp³-hybridized carbons (Fsp3) is 0.464. The van der Waals surface area contributed by atoms with E-state index in [4.69, 9.17) is 4.74 Å². The summed E-state index contributed by atoms with van der Waals surface area (Å²) >= 11 is 0.